The molecule has 0 saturated carbocycles. The number of nitrogens with one attached hydrogen (secondary N) is 2. The van der Waals surface area contributed by atoms with Crippen molar-refractivity contribution in [2.24, 2.45) is 4.99 Å². The van der Waals surface area contributed by atoms with Gasteiger partial charge in [0.25, 0.3) is 0 Å². The van der Waals surface area contributed by atoms with Crippen molar-refractivity contribution in [2.45, 2.75) is 20.0 Å². The minimum absolute atomic E-state index is 0. The van der Waals surface area contributed by atoms with Crippen LogP contribution in [0.1, 0.15) is 18.3 Å². The molecule has 2 aromatic heterocycles. The highest BCUT2D eigenvalue weighted by atomic mass is 127. The van der Waals surface area contributed by atoms with E-state index in [9.17, 15) is 8.78 Å². The van der Waals surface area contributed by atoms with Crippen molar-refractivity contribution >= 4 is 35.6 Å². The molecular formula is C17H19F2IN6. The minimum atomic E-state index is -0.487. The van der Waals surface area contributed by atoms with Crippen LogP contribution in [0.5, 0.6) is 0 Å². The van der Waals surface area contributed by atoms with E-state index >= 15 is 0 Å². The van der Waals surface area contributed by atoms with Crippen LogP contribution in [0.2, 0.25) is 0 Å². The summed E-state index contributed by atoms with van der Waals surface area (Å²) in [6.07, 6.45) is 1.87. The summed E-state index contributed by atoms with van der Waals surface area (Å²) in [6.45, 7) is 2.98. The van der Waals surface area contributed by atoms with Gasteiger partial charge in [-0.25, -0.2) is 13.8 Å². The Bertz CT molecular complexity index is 896. The largest absolute Gasteiger partial charge is 0.357 e. The van der Waals surface area contributed by atoms with Crippen LogP contribution in [0.25, 0.3) is 5.65 Å². The quantitative estimate of drug-likeness (QED) is 0.341. The fourth-order valence-corrected chi connectivity index (χ4v) is 2.34. The van der Waals surface area contributed by atoms with E-state index in [1.165, 1.54) is 0 Å². The summed E-state index contributed by atoms with van der Waals surface area (Å²) in [5.41, 5.74) is 0.952. The average Bonchev–Trinajstić information content (AvgIpc) is 3.03. The maximum absolute atomic E-state index is 13.7. The number of aliphatic imine (C=N–C) groups is 1. The average molecular weight is 472 g/mol. The smallest absolute Gasteiger partial charge is 0.191 e. The molecule has 1 aromatic carbocycles. The van der Waals surface area contributed by atoms with Crippen LogP contribution < -0.4 is 10.6 Å². The van der Waals surface area contributed by atoms with Crippen LogP contribution in [-0.2, 0) is 13.1 Å². The molecule has 138 valence electrons. The molecule has 0 radical (unpaired) electrons. The fourth-order valence-electron chi connectivity index (χ4n) is 2.34. The number of guanidine groups is 1. The van der Waals surface area contributed by atoms with Gasteiger partial charge in [0.2, 0.25) is 0 Å². The van der Waals surface area contributed by atoms with Gasteiger partial charge in [-0.1, -0.05) is 6.07 Å². The number of benzene rings is 1. The molecule has 0 unspecified atom stereocenters. The van der Waals surface area contributed by atoms with E-state index in [-0.39, 0.29) is 36.1 Å². The summed E-state index contributed by atoms with van der Waals surface area (Å²) in [5.74, 6) is 0.237. The third-order valence-electron chi connectivity index (χ3n) is 3.56. The second-order valence-electron chi connectivity index (χ2n) is 5.33. The van der Waals surface area contributed by atoms with Gasteiger partial charge in [0.05, 0.1) is 13.1 Å². The summed E-state index contributed by atoms with van der Waals surface area (Å²) < 4.78 is 28.8. The number of hydrogen-bond acceptors (Lipinski definition) is 3. The van der Waals surface area contributed by atoms with Crippen molar-refractivity contribution < 1.29 is 8.78 Å². The first-order valence-electron chi connectivity index (χ1n) is 7.92. The van der Waals surface area contributed by atoms with E-state index in [0.29, 0.717) is 19.0 Å². The first-order chi connectivity index (χ1) is 12.2. The number of aromatic nitrogens is 3. The number of rotatable bonds is 5. The van der Waals surface area contributed by atoms with Gasteiger partial charge in [-0.15, -0.1) is 34.2 Å². The van der Waals surface area contributed by atoms with Crippen molar-refractivity contribution in [3.8, 4) is 0 Å². The normalized spacial score (nSPS) is 11.3. The number of fused-ring (bicyclic) bond motifs is 1. The topological polar surface area (TPSA) is 66.6 Å². The molecule has 0 atom stereocenters. The lowest BCUT2D eigenvalue weighted by atomic mass is 10.2. The molecule has 3 aromatic rings. The van der Waals surface area contributed by atoms with Gasteiger partial charge in [-0.05, 0) is 37.3 Å². The summed E-state index contributed by atoms with van der Waals surface area (Å²) in [5, 5.41) is 14.4. The molecule has 0 aliphatic carbocycles. The molecule has 26 heavy (non-hydrogen) atoms. The van der Waals surface area contributed by atoms with E-state index in [0.717, 1.165) is 29.7 Å². The summed E-state index contributed by atoms with van der Waals surface area (Å²) in [7, 11) is 0. The number of nitrogens with zero attached hydrogens (tertiary/aromatic N) is 4. The Hall–Kier alpha value is -2.30. The minimum Gasteiger partial charge on any atom is -0.357 e. The van der Waals surface area contributed by atoms with Crippen LogP contribution in [0.15, 0.2) is 47.6 Å². The van der Waals surface area contributed by atoms with Crippen LogP contribution in [0.3, 0.4) is 0 Å². The van der Waals surface area contributed by atoms with Gasteiger partial charge in [0, 0.05) is 18.3 Å². The van der Waals surface area contributed by atoms with Crippen molar-refractivity contribution in [2.75, 3.05) is 6.54 Å². The Morgan fingerprint density at radius 3 is 2.81 bits per heavy atom. The van der Waals surface area contributed by atoms with Crippen molar-refractivity contribution in [1.29, 1.82) is 0 Å². The molecule has 0 spiro atoms. The maximum atomic E-state index is 13.7. The second kappa shape index (κ2) is 9.41. The Balaban J connectivity index is 0.00000243. The third-order valence-corrected chi connectivity index (χ3v) is 3.56. The molecule has 9 heteroatoms. The highest BCUT2D eigenvalue weighted by Gasteiger charge is 2.07. The van der Waals surface area contributed by atoms with E-state index < -0.39 is 11.6 Å². The van der Waals surface area contributed by atoms with E-state index in [4.69, 9.17) is 0 Å². The predicted octanol–water partition coefficient (Wildman–Crippen LogP) is 2.88. The lowest BCUT2D eigenvalue weighted by Crippen LogP contribution is -2.37. The molecule has 0 fully saturated rings. The molecule has 2 heterocycles. The van der Waals surface area contributed by atoms with E-state index in [2.05, 4.69) is 25.8 Å². The second-order valence-corrected chi connectivity index (χ2v) is 5.33. The Kier molecular flexibility index (Phi) is 7.25. The van der Waals surface area contributed by atoms with Crippen molar-refractivity contribution in [3.63, 3.8) is 0 Å². The van der Waals surface area contributed by atoms with Crippen molar-refractivity contribution in [1.82, 2.24) is 25.2 Å². The zero-order valence-electron chi connectivity index (χ0n) is 14.1. The van der Waals surface area contributed by atoms with Gasteiger partial charge in [-0.2, -0.15) is 0 Å². The molecule has 3 rings (SSSR count). The molecule has 0 bridgehead atoms. The summed E-state index contributed by atoms with van der Waals surface area (Å²) >= 11 is 0. The number of halogens is 3. The van der Waals surface area contributed by atoms with E-state index in [1.54, 1.807) is 0 Å². The van der Waals surface area contributed by atoms with Gasteiger partial charge >= 0.3 is 0 Å². The highest BCUT2D eigenvalue weighted by molar-refractivity contribution is 14.0. The molecule has 0 amide bonds. The lowest BCUT2D eigenvalue weighted by Gasteiger charge is -2.10. The van der Waals surface area contributed by atoms with E-state index in [1.807, 2.05) is 35.7 Å². The highest BCUT2D eigenvalue weighted by Crippen LogP contribution is 2.10. The van der Waals surface area contributed by atoms with Gasteiger partial charge in [0.1, 0.15) is 11.6 Å². The SMILES string of the molecule is CCNC(=NCc1cc(F)ccc1F)NCc1nnc2ccccn12.I. The fraction of sp³-hybridized carbons (Fsp3) is 0.235. The zero-order valence-corrected chi connectivity index (χ0v) is 16.4. The standard InChI is InChI=1S/C17H18F2N6.HI/c1-2-20-17(21-10-12-9-13(18)6-7-14(12)19)22-11-16-24-23-15-5-3-4-8-25(15)16;/h3-9H,2,10-11H2,1H3,(H2,20,21,22);1H. The predicted molar refractivity (Wildman–Crippen MR) is 106 cm³/mol. The molecule has 0 saturated heterocycles. The number of pyridine rings is 1. The van der Waals surface area contributed by atoms with Crippen molar-refractivity contribution in [3.05, 3.63) is 65.6 Å². The lowest BCUT2D eigenvalue weighted by molar-refractivity contribution is 0.585. The Labute approximate surface area is 166 Å². The van der Waals surface area contributed by atoms with Crippen LogP contribution in [-0.4, -0.2) is 27.1 Å². The molecule has 6 nitrogen and oxygen atoms in total. The van der Waals surface area contributed by atoms with Gasteiger partial charge in [0.15, 0.2) is 17.4 Å². The molecule has 0 aliphatic heterocycles. The third kappa shape index (κ3) is 4.87. The Morgan fingerprint density at radius 1 is 1.15 bits per heavy atom. The van der Waals surface area contributed by atoms with Crippen LogP contribution in [0, 0.1) is 11.6 Å². The summed E-state index contributed by atoms with van der Waals surface area (Å²) in [6, 6.07) is 8.98. The van der Waals surface area contributed by atoms with Gasteiger partial charge in [-0.3, -0.25) is 4.40 Å². The van der Waals surface area contributed by atoms with Crippen LogP contribution in [0.4, 0.5) is 8.78 Å². The zero-order chi connectivity index (χ0) is 17.6. The molecular weight excluding hydrogens is 453 g/mol. The monoisotopic (exact) mass is 472 g/mol. The molecule has 0 aliphatic rings. The Morgan fingerprint density at radius 2 is 2.00 bits per heavy atom. The first-order valence-corrected chi connectivity index (χ1v) is 7.92. The number of hydrogen-bond donors (Lipinski definition) is 2. The summed E-state index contributed by atoms with van der Waals surface area (Å²) in [4.78, 5) is 4.30. The first kappa shape index (κ1) is 20.0. The van der Waals surface area contributed by atoms with Gasteiger partial charge < -0.3 is 10.6 Å². The van der Waals surface area contributed by atoms with Crippen LogP contribution >= 0.6 is 24.0 Å². The maximum Gasteiger partial charge on any atom is 0.191 e. The molecule has 2 N–H and O–H groups in total.